The maximum absolute atomic E-state index is 11.2. The number of oxazole rings is 1. The van der Waals surface area contributed by atoms with Gasteiger partial charge in [-0.3, -0.25) is 4.90 Å². The SMILES string of the molecule is C[C@H]1C[C@@H](c2nc3ccc(Br)cc3o2)N(C(=O)O)C1. The molecule has 0 unspecified atom stereocenters. The number of carbonyl (C=O) groups is 1. The van der Waals surface area contributed by atoms with Crippen molar-refractivity contribution in [3.63, 3.8) is 0 Å². The molecule has 1 fully saturated rings. The van der Waals surface area contributed by atoms with Gasteiger partial charge in [-0.2, -0.15) is 0 Å². The van der Waals surface area contributed by atoms with E-state index in [2.05, 4.69) is 20.9 Å². The van der Waals surface area contributed by atoms with Gasteiger partial charge in [0.05, 0.1) is 0 Å². The highest BCUT2D eigenvalue weighted by atomic mass is 79.9. The molecule has 1 aromatic carbocycles. The first kappa shape index (κ1) is 12.5. The molecule has 1 aliphatic heterocycles. The van der Waals surface area contributed by atoms with E-state index in [9.17, 15) is 9.90 Å². The van der Waals surface area contributed by atoms with Gasteiger partial charge in [-0.05, 0) is 30.5 Å². The number of fused-ring (bicyclic) bond motifs is 1. The van der Waals surface area contributed by atoms with Crippen molar-refractivity contribution in [3.8, 4) is 0 Å². The Morgan fingerprint density at radius 1 is 1.58 bits per heavy atom. The average Bonchev–Trinajstić information content (AvgIpc) is 2.91. The quantitative estimate of drug-likeness (QED) is 0.869. The van der Waals surface area contributed by atoms with Gasteiger partial charge in [-0.25, -0.2) is 9.78 Å². The Kier molecular flexibility index (Phi) is 2.97. The molecule has 0 bridgehead atoms. The largest absolute Gasteiger partial charge is 0.465 e. The lowest BCUT2D eigenvalue weighted by Gasteiger charge is -2.17. The summed E-state index contributed by atoms with van der Waals surface area (Å²) < 4.78 is 6.63. The number of amides is 1. The topological polar surface area (TPSA) is 66.6 Å². The summed E-state index contributed by atoms with van der Waals surface area (Å²) in [6.45, 7) is 2.57. The van der Waals surface area contributed by atoms with Crippen molar-refractivity contribution in [2.75, 3.05) is 6.54 Å². The van der Waals surface area contributed by atoms with Crippen molar-refractivity contribution in [2.45, 2.75) is 19.4 Å². The van der Waals surface area contributed by atoms with Crippen LogP contribution in [-0.2, 0) is 0 Å². The van der Waals surface area contributed by atoms with Crippen LogP contribution >= 0.6 is 15.9 Å². The Morgan fingerprint density at radius 3 is 3.11 bits per heavy atom. The standard InChI is InChI=1S/C13H13BrN2O3/c1-7-4-10(16(6-7)13(17)18)12-15-9-3-2-8(14)5-11(9)19-12/h2-3,5,7,10H,4,6H2,1H3,(H,17,18)/t7-,10-/m0/s1. The Morgan fingerprint density at radius 2 is 2.37 bits per heavy atom. The van der Waals surface area contributed by atoms with Crippen molar-refractivity contribution in [2.24, 2.45) is 5.92 Å². The molecule has 1 saturated heterocycles. The first-order valence-electron chi connectivity index (χ1n) is 6.10. The van der Waals surface area contributed by atoms with Gasteiger partial charge in [0.1, 0.15) is 11.6 Å². The molecule has 1 aromatic heterocycles. The number of benzene rings is 1. The summed E-state index contributed by atoms with van der Waals surface area (Å²) in [6, 6.07) is 5.31. The van der Waals surface area contributed by atoms with Crippen molar-refractivity contribution >= 4 is 33.1 Å². The molecule has 19 heavy (non-hydrogen) atoms. The normalized spacial score (nSPS) is 23.2. The van der Waals surface area contributed by atoms with Crippen LogP contribution in [0.4, 0.5) is 4.79 Å². The number of nitrogens with zero attached hydrogens (tertiary/aromatic N) is 2. The summed E-state index contributed by atoms with van der Waals surface area (Å²) in [5, 5.41) is 9.23. The van der Waals surface area contributed by atoms with E-state index in [1.807, 2.05) is 25.1 Å². The zero-order chi connectivity index (χ0) is 13.6. The molecule has 100 valence electrons. The van der Waals surface area contributed by atoms with E-state index < -0.39 is 6.09 Å². The smallest absolute Gasteiger partial charge is 0.407 e. The average molecular weight is 325 g/mol. The maximum atomic E-state index is 11.2. The number of likely N-dealkylation sites (tertiary alicyclic amines) is 1. The number of halogens is 1. The number of aromatic nitrogens is 1. The van der Waals surface area contributed by atoms with Crippen LogP contribution in [0.1, 0.15) is 25.3 Å². The lowest BCUT2D eigenvalue weighted by molar-refractivity contribution is 0.133. The maximum Gasteiger partial charge on any atom is 0.407 e. The minimum Gasteiger partial charge on any atom is -0.465 e. The summed E-state index contributed by atoms with van der Waals surface area (Å²) in [6.07, 6.45) is -0.168. The van der Waals surface area contributed by atoms with Gasteiger partial charge in [0.25, 0.3) is 0 Å². The van der Waals surface area contributed by atoms with Crippen molar-refractivity contribution in [1.29, 1.82) is 0 Å². The fraction of sp³-hybridized carbons (Fsp3) is 0.385. The van der Waals surface area contributed by atoms with E-state index in [1.165, 1.54) is 4.90 Å². The first-order valence-corrected chi connectivity index (χ1v) is 6.89. The molecular weight excluding hydrogens is 312 g/mol. The molecule has 1 N–H and O–H groups in total. The second-order valence-corrected chi connectivity index (χ2v) is 5.87. The lowest BCUT2D eigenvalue weighted by atomic mass is 10.1. The number of carboxylic acid groups (broad SMARTS) is 1. The molecule has 6 heteroatoms. The fourth-order valence-electron chi connectivity index (χ4n) is 2.55. The van der Waals surface area contributed by atoms with Gasteiger partial charge in [-0.1, -0.05) is 22.9 Å². The Labute approximate surface area is 118 Å². The third-order valence-corrected chi connectivity index (χ3v) is 3.90. The fourth-order valence-corrected chi connectivity index (χ4v) is 2.89. The molecule has 0 radical (unpaired) electrons. The van der Waals surface area contributed by atoms with E-state index in [0.717, 1.165) is 16.4 Å². The molecule has 3 rings (SSSR count). The zero-order valence-electron chi connectivity index (χ0n) is 10.3. The van der Waals surface area contributed by atoms with Crippen LogP contribution in [0, 0.1) is 5.92 Å². The minimum atomic E-state index is -0.919. The summed E-state index contributed by atoms with van der Waals surface area (Å²) in [5.41, 5.74) is 1.43. The van der Waals surface area contributed by atoms with Crippen LogP contribution in [0.3, 0.4) is 0 Å². The number of rotatable bonds is 1. The Balaban J connectivity index is 2.01. The van der Waals surface area contributed by atoms with Gasteiger partial charge in [0, 0.05) is 11.0 Å². The summed E-state index contributed by atoms with van der Waals surface area (Å²) >= 11 is 3.38. The van der Waals surface area contributed by atoms with Gasteiger partial charge in [0.2, 0.25) is 5.89 Å². The van der Waals surface area contributed by atoms with Crippen LogP contribution in [0.15, 0.2) is 27.1 Å². The number of hydrogen-bond donors (Lipinski definition) is 1. The third kappa shape index (κ3) is 2.20. The van der Waals surface area contributed by atoms with Gasteiger partial charge >= 0.3 is 6.09 Å². The van der Waals surface area contributed by atoms with Crippen molar-refractivity contribution < 1.29 is 14.3 Å². The van der Waals surface area contributed by atoms with Crippen molar-refractivity contribution in [1.82, 2.24) is 9.88 Å². The predicted molar refractivity (Wildman–Crippen MR) is 73.0 cm³/mol. The van der Waals surface area contributed by atoms with Crippen LogP contribution < -0.4 is 0 Å². The Bertz CT molecular complexity index is 640. The molecule has 2 atom stereocenters. The highest BCUT2D eigenvalue weighted by Crippen LogP contribution is 2.36. The zero-order valence-corrected chi connectivity index (χ0v) is 11.9. The molecular formula is C13H13BrN2O3. The van der Waals surface area contributed by atoms with E-state index in [1.54, 1.807) is 0 Å². The highest BCUT2D eigenvalue weighted by Gasteiger charge is 2.37. The minimum absolute atomic E-state index is 0.279. The van der Waals surface area contributed by atoms with E-state index in [0.29, 0.717) is 23.9 Å². The number of hydrogen-bond acceptors (Lipinski definition) is 3. The molecule has 0 spiro atoms. The van der Waals surface area contributed by atoms with E-state index in [4.69, 9.17) is 4.42 Å². The van der Waals surface area contributed by atoms with Crippen molar-refractivity contribution in [3.05, 3.63) is 28.6 Å². The molecule has 0 aliphatic carbocycles. The van der Waals surface area contributed by atoms with Crippen LogP contribution in [0.2, 0.25) is 0 Å². The van der Waals surface area contributed by atoms with Crippen LogP contribution in [0.5, 0.6) is 0 Å². The monoisotopic (exact) mass is 324 g/mol. The van der Waals surface area contributed by atoms with E-state index in [-0.39, 0.29) is 6.04 Å². The molecule has 1 amide bonds. The Hall–Kier alpha value is -1.56. The van der Waals surface area contributed by atoms with Gasteiger partial charge in [0.15, 0.2) is 5.58 Å². The third-order valence-electron chi connectivity index (χ3n) is 3.41. The van der Waals surface area contributed by atoms with Gasteiger partial charge < -0.3 is 9.52 Å². The molecule has 1 aliphatic rings. The molecule has 5 nitrogen and oxygen atoms in total. The summed E-state index contributed by atoms with van der Waals surface area (Å²) in [7, 11) is 0. The van der Waals surface area contributed by atoms with E-state index >= 15 is 0 Å². The molecule has 2 heterocycles. The summed E-state index contributed by atoms with van der Waals surface area (Å²) in [4.78, 5) is 17.1. The first-order chi connectivity index (χ1) is 9.04. The summed E-state index contributed by atoms with van der Waals surface area (Å²) in [5.74, 6) is 0.808. The highest BCUT2D eigenvalue weighted by molar-refractivity contribution is 9.10. The second kappa shape index (κ2) is 4.52. The second-order valence-electron chi connectivity index (χ2n) is 4.96. The van der Waals surface area contributed by atoms with Crippen LogP contribution in [0.25, 0.3) is 11.1 Å². The van der Waals surface area contributed by atoms with Crippen LogP contribution in [-0.4, -0.2) is 27.6 Å². The lowest BCUT2D eigenvalue weighted by Crippen LogP contribution is -2.29. The molecule has 2 aromatic rings. The van der Waals surface area contributed by atoms with Gasteiger partial charge in [-0.15, -0.1) is 0 Å². The predicted octanol–water partition coefficient (Wildman–Crippen LogP) is 3.65. The molecule has 0 saturated carbocycles.